The number of hydrogen-bond acceptors (Lipinski definition) is 9. The lowest BCUT2D eigenvalue weighted by Crippen LogP contribution is -2.37. The van der Waals surface area contributed by atoms with Gasteiger partial charge in [0.2, 0.25) is 0 Å². The molecule has 0 bridgehead atoms. The zero-order valence-corrected chi connectivity index (χ0v) is 37.0. The van der Waals surface area contributed by atoms with Crippen molar-refractivity contribution in [3.05, 3.63) is 85.1 Å². The standard InChI is InChI=1S/C46H78NO9P/c1-6-8-10-11-12-13-14-15-16-17-20-23-26-29-33-37-45(49)53-41-44(42-55-57(51,52)54-40-39-47(3,4)5)56-46(50)38-34-30-27-24-21-18-19-22-25-28-32-36-43(48)35-31-9-7-2/h8,10,12-13,15-16,18-19,24-25,27-28,32,36,43-44,48H,6-7,9,11,14,17,20-23,26,29-31,33-35,37-42H2,1-5H3/b10-8-,13-12-,16-15-,19-18-,27-24-,28-25-,36-32+/t43-,44+/m0/s1. The van der Waals surface area contributed by atoms with Gasteiger partial charge >= 0.3 is 11.9 Å². The summed E-state index contributed by atoms with van der Waals surface area (Å²) in [7, 11) is 1.07. The summed E-state index contributed by atoms with van der Waals surface area (Å²) in [5.74, 6) is -0.957. The highest BCUT2D eigenvalue weighted by molar-refractivity contribution is 7.45. The van der Waals surface area contributed by atoms with Crippen molar-refractivity contribution in [2.75, 3.05) is 47.5 Å². The number of carbonyl (C=O) groups excluding carboxylic acids is 2. The highest BCUT2D eigenvalue weighted by Gasteiger charge is 2.21. The molecule has 0 aliphatic carbocycles. The van der Waals surface area contributed by atoms with Crippen molar-refractivity contribution in [1.29, 1.82) is 0 Å². The third-order valence-corrected chi connectivity index (χ3v) is 9.47. The van der Waals surface area contributed by atoms with Gasteiger partial charge in [-0.2, -0.15) is 0 Å². The molecule has 1 unspecified atom stereocenters. The second-order valence-corrected chi connectivity index (χ2v) is 16.6. The molecule has 0 saturated heterocycles. The van der Waals surface area contributed by atoms with Crippen LogP contribution in [0.15, 0.2) is 85.1 Å². The van der Waals surface area contributed by atoms with Crippen molar-refractivity contribution in [3.8, 4) is 0 Å². The maximum atomic E-state index is 12.6. The first kappa shape index (κ1) is 54.2. The predicted molar refractivity (Wildman–Crippen MR) is 232 cm³/mol. The minimum atomic E-state index is -4.66. The number of aliphatic hydroxyl groups excluding tert-OH is 1. The third-order valence-electron chi connectivity index (χ3n) is 8.50. The highest BCUT2D eigenvalue weighted by atomic mass is 31.2. The summed E-state index contributed by atoms with van der Waals surface area (Å²) in [6, 6.07) is 0. The number of allylic oxidation sites excluding steroid dienone is 13. The van der Waals surface area contributed by atoms with Gasteiger partial charge in [0, 0.05) is 12.8 Å². The van der Waals surface area contributed by atoms with Crippen LogP contribution in [0, 0.1) is 0 Å². The lowest BCUT2D eigenvalue weighted by atomic mass is 10.1. The van der Waals surface area contributed by atoms with E-state index in [0.29, 0.717) is 30.3 Å². The number of phosphoric ester groups is 1. The molecular formula is C46H78NO9P. The van der Waals surface area contributed by atoms with E-state index in [9.17, 15) is 24.2 Å². The Kier molecular flexibility index (Phi) is 35.6. The van der Waals surface area contributed by atoms with Crippen LogP contribution in [0.2, 0.25) is 0 Å². The molecule has 0 aliphatic rings. The first-order valence-corrected chi connectivity index (χ1v) is 22.9. The summed E-state index contributed by atoms with van der Waals surface area (Å²) < 4.78 is 33.7. The number of carbonyl (C=O) groups is 2. The summed E-state index contributed by atoms with van der Waals surface area (Å²) in [5, 5.41) is 9.90. The molecule has 326 valence electrons. The molecule has 0 aromatic heterocycles. The Bertz CT molecular complexity index is 1260. The van der Waals surface area contributed by atoms with E-state index in [4.69, 9.17) is 18.5 Å². The molecule has 0 rings (SSSR count). The van der Waals surface area contributed by atoms with Crippen LogP contribution >= 0.6 is 7.82 Å². The number of rotatable bonds is 37. The molecule has 10 nitrogen and oxygen atoms in total. The van der Waals surface area contributed by atoms with E-state index in [1.54, 1.807) is 0 Å². The van der Waals surface area contributed by atoms with Crippen LogP contribution in [0.4, 0.5) is 0 Å². The van der Waals surface area contributed by atoms with Gasteiger partial charge in [0.25, 0.3) is 7.82 Å². The molecule has 1 N–H and O–H groups in total. The molecule has 0 aromatic carbocycles. The molecule has 57 heavy (non-hydrogen) atoms. The highest BCUT2D eigenvalue weighted by Crippen LogP contribution is 2.38. The molecule has 0 aliphatic heterocycles. The third kappa shape index (κ3) is 41.1. The zero-order chi connectivity index (χ0) is 42.3. The largest absolute Gasteiger partial charge is 0.756 e. The fourth-order valence-electron chi connectivity index (χ4n) is 5.12. The van der Waals surface area contributed by atoms with E-state index in [1.807, 2.05) is 57.6 Å². The fourth-order valence-corrected chi connectivity index (χ4v) is 5.85. The Hall–Kier alpha value is -2.85. The molecule has 3 atom stereocenters. The quantitative estimate of drug-likeness (QED) is 0.0162. The molecule has 0 saturated carbocycles. The summed E-state index contributed by atoms with van der Waals surface area (Å²) >= 11 is 0. The molecule has 11 heteroatoms. The van der Waals surface area contributed by atoms with E-state index in [1.165, 1.54) is 0 Å². The molecule has 0 radical (unpaired) electrons. The van der Waals surface area contributed by atoms with Crippen LogP contribution in [0.5, 0.6) is 0 Å². The molecular weight excluding hydrogens is 741 g/mol. The van der Waals surface area contributed by atoms with Crippen LogP contribution in [-0.4, -0.2) is 81.2 Å². The van der Waals surface area contributed by atoms with Crippen molar-refractivity contribution in [3.63, 3.8) is 0 Å². The SMILES string of the molecule is CC/C=C\C/C=C\C/C=C\CCCCCCCC(=O)OC[C@H](COP(=O)([O-])OCC[N+](C)(C)C)OC(=O)CCC/C=C\C/C=C\C/C=C\C=C\[C@@H](O)CCCCC. The number of phosphoric acid groups is 1. The van der Waals surface area contributed by atoms with Gasteiger partial charge in [-0.3, -0.25) is 14.2 Å². The van der Waals surface area contributed by atoms with Crippen molar-refractivity contribution < 1.29 is 47.2 Å². The number of esters is 2. The number of nitrogens with zero attached hydrogens (tertiary/aromatic N) is 1. The van der Waals surface area contributed by atoms with Crippen molar-refractivity contribution >= 4 is 19.8 Å². The lowest BCUT2D eigenvalue weighted by Gasteiger charge is -2.28. The maximum Gasteiger partial charge on any atom is 0.306 e. The van der Waals surface area contributed by atoms with Crippen LogP contribution in [0.3, 0.4) is 0 Å². The Morgan fingerprint density at radius 2 is 1.25 bits per heavy atom. The molecule has 0 spiro atoms. The Morgan fingerprint density at radius 1 is 0.667 bits per heavy atom. The Labute approximate surface area is 346 Å². The van der Waals surface area contributed by atoms with E-state index >= 15 is 0 Å². The number of unbranched alkanes of at least 4 members (excludes halogenated alkanes) is 8. The second kappa shape index (κ2) is 37.4. The van der Waals surface area contributed by atoms with E-state index in [2.05, 4.69) is 62.5 Å². The van der Waals surface area contributed by atoms with Crippen LogP contribution in [-0.2, 0) is 32.7 Å². The van der Waals surface area contributed by atoms with Gasteiger partial charge in [-0.25, -0.2) is 0 Å². The van der Waals surface area contributed by atoms with E-state index in [0.717, 1.165) is 89.9 Å². The van der Waals surface area contributed by atoms with Gasteiger partial charge in [-0.15, -0.1) is 0 Å². The lowest BCUT2D eigenvalue weighted by molar-refractivity contribution is -0.870. The predicted octanol–water partition coefficient (Wildman–Crippen LogP) is 10.4. The maximum absolute atomic E-state index is 12.6. The van der Waals surface area contributed by atoms with Crippen molar-refractivity contribution in [2.24, 2.45) is 0 Å². The van der Waals surface area contributed by atoms with Gasteiger partial charge in [-0.05, 0) is 70.6 Å². The Balaban J connectivity index is 4.57. The summed E-state index contributed by atoms with van der Waals surface area (Å²) in [4.78, 5) is 37.5. The normalized spacial score (nSPS) is 15.0. The van der Waals surface area contributed by atoms with Crippen molar-refractivity contribution in [2.45, 2.75) is 148 Å². The molecule has 0 aromatic rings. The van der Waals surface area contributed by atoms with Crippen LogP contribution in [0.25, 0.3) is 0 Å². The van der Waals surface area contributed by atoms with Crippen molar-refractivity contribution in [1.82, 2.24) is 0 Å². The molecule has 0 fully saturated rings. The first-order valence-electron chi connectivity index (χ1n) is 21.4. The van der Waals surface area contributed by atoms with E-state index in [-0.39, 0.29) is 32.2 Å². The smallest absolute Gasteiger partial charge is 0.306 e. The number of hydrogen-bond donors (Lipinski definition) is 1. The van der Waals surface area contributed by atoms with E-state index < -0.39 is 32.5 Å². The zero-order valence-electron chi connectivity index (χ0n) is 36.1. The Morgan fingerprint density at radius 3 is 1.89 bits per heavy atom. The van der Waals surface area contributed by atoms with Crippen LogP contribution in [0.1, 0.15) is 136 Å². The van der Waals surface area contributed by atoms with Gasteiger partial charge in [0.05, 0.1) is 33.9 Å². The minimum absolute atomic E-state index is 0.0571. The number of ether oxygens (including phenoxy) is 2. The molecule has 0 amide bonds. The minimum Gasteiger partial charge on any atom is -0.756 e. The topological polar surface area (TPSA) is 131 Å². The first-order chi connectivity index (χ1) is 27.4. The average molecular weight is 820 g/mol. The number of quaternary nitrogens is 1. The number of likely N-dealkylation sites (N-methyl/N-ethyl adjacent to an activating group) is 1. The second-order valence-electron chi connectivity index (χ2n) is 15.2. The summed E-state index contributed by atoms with van der Waals surface area (Å²) in [6.45, 7) is 3.86. The van der Waals surface area contributed by atoms with Gasteiger partial charge in [-0.1, -0.05) is 137 Å². The van der Waals surface area contributed by atoms with Gasteiger partial charge in [0.1, 0.15) is 19.8 Å². The summed E-state index contributed by atoms with van der Waals surface area (Å²) in [5.41, 5.74) is 0. The number of aliphatic hydroxyl groups is 1. The molecule has 0 heterocycles. The van der Waals surface area contributed by atoms with Crippen LogP contribution < -0.4 is 4.89 Å². The summed E-state index contributed by atoms with van der Waals surface area (Å²) in [6.07, 6.45) is 43.7. The average Bonchev–Trinajstić information content (AvgIpc) is 3.15. The van der Waals surface area contributed by atoms with Gasteiger partial charge < -0.3 is 33.0 Å². The monoisotopic (exact) mass is 820 g/mol. The van der Waals surface area contributed by atoms with Gasteiger partial charge in [0.15, 0.2) is 6.10 Å². The fraction of sp³-hybridized carbons (Fsp3) is 0.652.